The van der Waals surface area contributed by atoms with Crippen molar-refractivity contribution in [2.45, 2.75) is 31.7 Å². The largest absolute Gasteiger partial charge is 0.396 e. The number of carbonyl (C=O) groups is 1. The molecular weight excluding hydrogens is 418 g/mol. The number of nitrogen functional groups attached to an aromatic ring is 1. The number of hydrogen-bond donors (Lipinski definition) is 3. The summed E-state index contributed by atoms with van der Waals surface area (Å²) in [5.74, 6) is -0.0234. The Hall–Kier alpha value is -3.65. The van der Waals surface area contributed by atoms with Crippen molar-refractivity contribution in [3.05, 3.63) is 58.4 Å². The first-order valence-corrected chi connectivity index (χ1v) is 11.3. The fourth-order valence-electron chi connectivity index (χ4n) is 4.75. The van der Waals surface area contributed by atoms with Crippen LogP contribution in [0.1, 0.15) is 36.0 Å². The third kappa shape index (κ3) is 3.87. The molecule has 1 aliphatic carbocycles. The van der Waals surface area contributed by atoms with Gasteiger partial charge in [0.2, 0.25) is 0 Å². The molecule has 0 atom stereocenters. The van der Waals surface area contributed by atoms with E-state index in [1.54, 1.807) is 25.3 Å². The number of rotatable bonds is 6. The zero-order valence-electron chi connectivity index (χ0n) is 18.6. The minimum absolute atomic E-state index is 0.0234. The Kier molecular flexibility index (Phi) is 5.60. The molecular formula is C25H27N5O3. The molecule has 2 aromatic carbocycles. The fourth-order valence-corrected chi connectivity index (χ4v) is 4.75. The van der Waals surface area contributed by atoms with E-state index in [9.17, 15) is 9.59 Å². The molecule has 2 heterocycles. The first-order chi connectivity index (χ1) is 16.1. The van der Waals surface area contributed by atoms with Crippen LogP contribution < -0.4 is 11.3 Å². The lowest BCUT2D eigenvalue weighted by Gasteiger charge is -2.29. The minimum atomic E-state index is -0.324. The highest BCUT2D eigenvalue weighted by Gasteiger charge is 2.27. The number of amides is 1. The molecule has 4 aromatic rings. The van der Waals surface area contributed by atoms with Crippen LogP contribution in [0.15, 0.2) is 47.3 Å². The molecule has 0 aliphatic heterocycles. The van der Waals surface area contributed by atoms with Crippen molar-refractivity contribution >= 4 is 33.5 Å². The molecule has 2 aromatic heterocycles. The highest BCUT2D eigenvalue weighted by Crippen LogP contribution is 2.32. The summed E-state index contributed by atoms with van der Waals surface area (Å²) in [6.07, 6.45) is 4.32. The molecule has 1 fully saturated rings. The number of nitrogens with zero attached hydrogens (tertiary/aromatic N) is 2. The zero-order valence-corrected chi connectivity index (χ0v) is 18.6. The first-order valence-electron chi connectivity index (χ1n) is 11.3. The Balaban J connectivity index is 1.54. The van der Waals surface area contributed by atoms with Gasteiger partial charge in [0, 0.05) is 36.2 Å². The molecule has 0 saturated heterocycles. The van der Waals surface area contributed by atoms with Crippen molar-refractivity contribution in [3.63, 3.8) is 0 Å². The second-order valence-corrected chi connectivity index (χ2v) is 8.54. The summed E-state index contributed by atoms with van der Waals surface area (Å²) in [4.78, 5) is 38.7. The normalized spacial score (nSPS) is 14.3. The van der Waals surface area contributed by atoms with Crippen LogP contribution in [0.2, 0.25) is 0 Å². The summed E-state index contributed by atoms with van der Waals surface area (Å²) in [6, 6.07) is 13.0. The van der Waals surface area contributed by atoms with Crippen LogP contribution >= 0.6 is 0 Å². The van der Waals surface area contributed by atoms with Gasteiger partial charge >= 0.3 is 0 Å². The number of fused-ring (bicyclic) bond motifs is 2. The number of hydrogen-bond acceptors (Lipinski definition) is 5. The number of carbonyl (C=O) groups excluding carboxylic acids is 1. The SMILES string of the molecule is COCCN(C(=O)c1ccc2[nH]c(-c3nc4ccccc4[nH]c3=O)c(N)c2c1)C1CCCC1. The third-order valence-corrected chi connectivity index (χ3v) is 6.48. The van der Waals surface area contributed by atoms with Crippen molar-refractivity contribution in [3.8, 4) is 11.4 Å². The fraction of sp³-hybridized carbons (Fsp3) is 0.320. The molecule has 4 N–H and O–H groups in total. The van der Waals surface area contributed by atoms with Crippen LogP contribution in [0.25, 0.3) is 33.3 Å². The van der Waals surface area contributed by atoms with E-state index >= 15 is 0 Å². The number of anilines is 1. The molecule has 8 nitrogen and oxygen atoms in total. The Morgan fingerprint density at radius 3 is 2.73 bits per heavy atom. The standard InChI is InChI=1S/C25H27N5O3/c1-33-13-12-30(16-6-2-3-7-16)25(32)15-10-11-18-17(14-15)21(26)22(27-18)23-24(31)29-20-9-5-4-8-19(20)28-23/h4-5,8-11,14,16,27H,2-3,6-7,12-13,26H2,1H3,(H,29,31). The number of aromatic nitrogens is 3. The zero-order chi connectivity index (χ0) is 22.9. The van der Waals surface area contributed by atoms with Gasteiger partial charge in [0.25, 0.3) is 11.5 Å². The van der Waals surface area contributed by atoms with Crippen LogP contribution in [0.3, 0.4) is 0 Å². The topological polar surface area (TPSA) is 117 Å². The van der Waals surface area contributed by atoms with Gasteiger partial charge in [0.1, 0.15) is 0 Å². The Morgan fingerprint density at radius 1 is 1.15 bits per heavy atom. The number of nitrogens with two attached hydrogens (primary N) is 1. The Bertz CT molecular complexity index is 1380. The summed E-state index contributed by atoms with van der Waals surface area (Å²) in [6.45, 7) is 1.06. The summed E-state index contributed by atoms with van der Waals surface area (Å²) >= 11 is 0. The van der Waals surface area contributed by atoms with Gasteiger partial charge in [-0.25, -0.2) is 4.98 Å². The molecule has 33 heavy (non-hydrogen) atoms. The maximum absolute atomic E-state index is 13.4. The van der Waals surface area contributed by atoms with Crippen molar-refractivity contribution in [2.75, 3.05) is 26.0 Å². The predicted molar refractivity (Wildman–Crippen MR) is 129 cm³/mol. The number of para-hydroxylation sites is 2. The quantitative estimate of drug-likeness (QED) is 0.418. The van der Waals surface area contributed by atoms with Gasteiger partial charge in [-0.1, -0.05) is 25.0 Å². The molecule has 0 radical (unpaired) electrons. The molecule has 1 aliphatic rings. The molecule has 8 heteroatoms. The van der Waals surface area contributed by atoms with Gasteiger partial charge in [0.15, 0.2) is 5.69 Å². The molecule has 5 rings (SSSR count). The third-order valence-electron chi connectivity index (χ3n) is 6.48. The van der Waals surface area contributed by atoms with Gasteiger partial charge in [0.05, 0.1) is 29.0 Å². The van der Waals surface area contributed by atoms with E-state index in [4.69, 9.17) is 10.5 Å². The van der Waals surface area contributed by atoms with E-state index in [0.29, 0.717) is 46.5 Å². The second kappa shape index (κ2) is 8.71. The molecule has 0 unspecified atom stereocenters. The van der Waals surface area contributed by atoms with Gasteiger partial charge in [-0.3, -0.25) is 9.59 Å². The van der Waals surface area contributed by atoms with Crippen molar-refractivity contribution in [2.24, 2.45) is 0 Å². The highest BCUT2D eigenvalue weighted by atomic mass is 16.5. The first kappa shape index (κ1) is 21.2. The number of ether oxygens (including phenoxy) is 1. The van der Waals surface area contributed by atoms with Gasteiger partial charge in [-0.15, -0.1) is 0 Å². The van der Waals surface area contributed by atoms with E-state index in [0.717, 1.165) is 31.2 Å². The number of aromatic amines is 2. The predicted octanol–water partition coefficient (Wildman–Crippen LogP) is 3.68. The van der Waals surface area contributed by atoms with Gasteiger partial charge in [-0.2, -0.15) is 0 Å². The maximum atomic E-state index is 13.4. The second-order valence-electron chi connectivity index (χ2n) is 8.54. The number of nitrogens with one attached hydrogen (secondary N) is 2. The van der Waals surface area contributed by atoms with Gasteiger partial charge < -0.3 is 25.3 Å². The molecule has 0 bridgehead atoms. The highest BCUT2D eigenvalue weighted by molar-refractivity contribution is 6.04. The molecule has 0 spiro atoms. The van der Waals surface area contributed by atoms with Crippen molar-refractivity contribution < 1.29 is 9.53 Å². The monoisotopic (exact) mass is 445 g/mol. The van der Waals surface area contributed by atoms with Gasteiger partial charge in [-0.05, 0) is 43.2 Å². The van der Waals surface area contributed by atoms with E-state index in [1.165, 1.54) is 0 Å². The number of benzene rings is 2. The molecule has 1 amide bonds. The average molecular weight is 446 g/mol. The lowest BCUT2D eigenvalue weighted by molar-refractivity contribution is 0.0606. The Labute approximate surface area is 190 Å². The molecule has 170 valence electrons. The summed E-state index contributed by atoms with van der Waals surface area (Å²) in [7, 11) is 1.65. The van der Waals surface area contributed by atoms with Crippen LogP contribution in [0, 0.1) is 0 Å². The summed E-state index contributed by atoms with van der Waals surface area (Å²) < 4.78 is 5.24. The van der Waals surface area contributed by atoms with E-state index in [1.807, 2.05) is 29.2 Å². The van der Waals surface area contributed by atoms with Crippen molar-refractivity contribution in [1.82, 2.24) is 19.9 Å². The molecule has 1 saturated carbocycles. The van der Waals surface area contributed by atoms with E-state index < -0.39 is 0 Å². The van der Waals surface area contributed by atoms with Crippen LogP contribution in [0.5, 0.6) is 0 Å². The summed E-state index contributed by atoms with van der Waals surface area (Å²) in [5, 5.41) is 0.698. The van der Waals surface area contributed by atoms with Crippen LogP contribution in [-0.4, -0.2) is 52.1 Å². The van der Waals surface area contributed by atoms with Crippen LogP contribution in [0.4, 0.5) is 5.69 Å². The Morgan fingerprint density at radius 2 is 1.94 bits per heavy atom. The van der Waals surface area contributed by atoms with E-state index in [-0.39, 0.29) is 23.2 Å². The minimum Gasteiger partial charge on any atom is -0.396 e. The average Bonchev–Trinajstić information content (AvgIpc) is 3.47. The van der Waals surface area contributed by atoms with E-state index in [2.05, 4.69) is 15.0 Å². The van der Waals surface area contributed by atoms with Crippen molar-refractivity contribution in [1.29, 1.82) is 0 Å². The van der Waals surface area contributed by atoms with Crippen LogP contribution in [-0.2, 0) is 4.74 Å². The lowest BCUT2D eigenvalue weighted by Crippen LogP contribution is -2.41. The smallest absolute Gasteiger partial charge is 0.276 e. The lowest BCUT2D eigenvalue weighted by atomic mass is 10.1. The maximum Gasteiger partial charge on any atom is 0.276 e. The summed E-state index contributed by atoms with van der Waals surface area (Å²) in [5.41, 5.74) is 9.87. The number of methoxy groups -OCH3 is 1. The number of H-pyrrole nitrogens is 2.